The van der Waals surface area contributed by atoms with E-state index in [1.807, 2.05) is 0 Å². The van der Waals surface area contributed by atoms with Gasteiger partial charge in [-0.15, -0.1) is 0 Å². The van der Waals surface area contributed by atoms with Gasteiger partial charge in [0.25, 0.3) is 0 Å². The molecule has 0 aliphatic heterocycles. The number of rotatable bonds is 23. The lowest BCUT2D eigenvalue weighted by atomic mass is 9.73. The summed E-state index contributed by atoms with van der Waals surface area (Å²) in [6.45, 7) is 1.23. The number of unbranched alkanes of at least 4 members (excludes halogenated alkanes) is 17. The minimum absolute atomic E-state index is 0.0803. The lowest BCUT2D eigenvalue weighted by molar-refractivity contribution is 0.368. The average molecular weight is 558 g/mol. The van der Waals surface area contributed by atoms with Gasteiger partial charge in [-0.1, -0.05) is 140 Å². The van der Waals surface area contributed by atoms with Crippen molar-refractivity contribution in [1.82, 2.24) is 0 Å². The number of hydrogen-bond acceptors (Lipinski definition) is 2. The van der Waals surface area contributed by atoms with Gasteiger partial charge in [-0.2, -0.15) is 0 Å². The Morgan fingerprint density at radius 1 is 0.800 bits per heavy atom. The molecule has 0 N–H and O–H groups in total. The largest absolute Gasteiger partial charge is 0.496 e. The molecular weight excluding hydrogens is 488 g/mol. The number of methoxy groups -OCH3 is 2. The van der Waals surface area contributed by atoms with Crippen LogP contribution in [0.5, 0.6) is 11.5 Å². The molecule has 1 aliphatic rings. The predicted octanol–water partition coefficient (Wildman–Crippen LogP) is 12.3. The molecule has 0 saturated heterocycles. The zero-order valence-electron chi connectivity index (χ0n) is 31.6. The summed E-state index contributed by atoms with van der Waals surface area (Å²) < 4.78 is 51.9. The summed E-state index contributed by atoms with van der Waals surface area (Å²) in [7, 11) is 3.29. The Bertz CT molecular complexity index is 1000. The first kappa shape index (κ1) is 27.2. The van der Waals surface area contributed by atoms with E-state index in [1.165, 1.54) is 115 Å². The molecule has 0 fully saturated rings. The maximum atomic E-state index is 8.06. The summed E-state index contributed by atoms with van der Waals surface area (Å²) in [5.74, 6) is 0.571. The topological polar surface area (TPSA) is 18.5 Å². The van der Waals surface area contributed by atoms with Crippen molar-refractivity contribution in [2.75, 3.05) is 14.2 Å². The molecule has 2 atom stereocenters. The first-order chi connectivity index (χ1) is 21.6. The van der Waals surface area contributed by atoms with E-state index >= 15 is 0 Å². The summed E-state index contributed by atoms with van der Waals surface area (Å²) in [5.41, 5.74) is 3.06. The fraction of sp³-hybridized carbons (Fsp3) is 0.737. The second kappa shape index (κ2) is 21.1. The van der Waals surface area contributed by atoms with Crippen molar-refractivity contribution in [1.29, 1.82) is 0 Å². The van der Waals surface area contributed by atoms with E-state index in [9.17, 15) is 0 Å². The molecule has 0 saturated carbocycles. The van der Waals surface area contributed by atoms with E-state index in [-0.39, 0.29) is 11.5 Å². The first-order valence-electron chi connectivity index (χ1n) is 19.2. The van der Waals surface area contributed by atoms with Gasteiger partial charge in [0.1, 0.15) is 11.5 Å². The van der Waals surface area contributed by atoms with Crippen LogP contribution >= 0.6 is 0 Å². The van der Waals surface area contributed by atoms with E-state index in [0.717, 1.165) is 30.4 Å². The van der Waals surface area contributed by atoms with Gasteiger partial charge < -0.3 is 9.47 Å². The molecule has 2 rings (SSSR count). The molecule has 0 amide bonds. The van der Waals surface area contributed by atoms with Crippen LogP contribution in [0.15, 0.2) is 35.9 Å². The maximum Gasteiger partial charge on any atom is 0.126 e. The Morgan fingerprint density at radius 3 is 1.70 bits per heavy atom. The standard InChI is InChI=1S/C38H64O2/c1-7-8-9-10-11-12-13-14-15-16-17-18-19-20-21-22-23-24-25-33-29-36(39-5)38(37(30-33)40-6)35-28-32(4)26-27-34(35)31(2)3/h28-30,34-35H,2,7-27H2,1,3-6H3/t34-,35+/m0/s1/i2D2,3D3. The average Bonchev–Trinajstić information content (AvgIpc) is 3.00. The molecular formula is C38H64O2. The van der Waals surface area contributed by atoms with Crippen molar-refractivity contribution in [3.63, 3.8) is 0 Å². The van der Waals surface area contributed by atoms with Gasteiger partial charge >= 0.3 is 0 Å². The van der Waals surface area contributed by atoms with Crippen molar-refractivity contribution >= 4 is 0 Å². The number of allylic oxidation sites excluding steroid dienone is 3. The van der Waals surface area contributed by atoms with Gasteiger partial charge in [-0.3, -0.25) is 0 Å². The highest BCUT2D eigenvalue weighted by Gasteiger charge is 2.30. The summed E-state index contributed by atoms with van der Waals surface area (Å²) in [6.07, 6.45) is 28.9. The predicted molar refractivity (Wildman–Crippen MR) is 176 cm³/mol. The third-order valence-corrected chi connectivity index (χ3v) is 8.87. The Balaban J connectivity index is 1.78. The Hall–Kier alpha value is -1.70. The Labute approximate surface area is 256 Å². The molecule has 0 radical (unpaired) electrons. The molecule has 2 heteroatoms. The second-order valence-electron chi connectivity index (χ2n) is 12.3. The number of ether oxygens (including phenoxy) is 2. The van der Waals surface area contributed by atoms with Crippen LogP contribution in [0.25, 0.3) is 0 Å². The fourth-order valence-corrected chi connectivity index (χ4v) is 6.37. The van der Waals surface area contributed by atoms with Crippen LogP contribution in [0, 0.1) is 5.92 Å². The van der Waals surface area contributed by atoms with Gasteiger partial charge in [-0.25, -0.2) is 0 Å². The molecule has 0 spiro atoms. The van der Waals surface area contributed by atoms with Crippen LogP contribution in [-0.4, -0.2) is 14.2 Å². The molecule has 0 heterocycles. The van der Waals surface area contributed by atoms with Crippen LogP contribution in [0.1, 0.15) is 173 Å². The van der Waals surface area contributed by atoms with Crippen LogP contribution in [0.4, 0.5) is 0 Å². The summed E-state index contributed by atoms with van der Waals surface area (Å²) in [5, 5.41) is 0. The lowest BCUT2D eigenvalue weighted by Crippen LogP contribution is -2.18. The van der Waals surface area contributed by atoms with E-state index < -0.39 is 19.3 Å². The SMILES string of the molecule is [2H]C([2H])=C([C@@H]1CCC(C)=C[C@H]1c1c(OC)cc(CCCCCCCCCCCCCCCCCCCC)cc1OC)C([2H])([2H])[2H]. The molecule has 228 valence electrons. The van der Waals surface area contributed by atoms with Gasteiger partial charge in [0.15, 0.2) is 0 Å². The zero-order valence-corrected chi connectivity index (χ0v) is 26.6. The van der Waals surface area contributed by atoms with Crippen molar-refractivity contribution < 1.29 is 16.3 Å². The monoisotopic (exact) mass is 558 g/mol. The molecule has 1 aliphatic carbocycles. The van der Waals surface area contributed by atoms with Crippen LogP contribution in [-0.2, 0) is 6.42 Å². The van der Waals surface area contributed by atoms with Crippen molar-refractivity contribution in [2.45, 2.75) is 161 Å². The first-order valence-corrected chi connectivity index (χ1v) is 16.7. The molecule has 0 aromatic heterocycles. The van der Waals surface area contributed by atoms with E-state index in [2.05, 4.69) is 32.1 Å². The van der Waals surface area contributed by atoms with Gasteiger partial charge in [0, 0.05) is 15.6 Å². The van der Waals surface area contributed by atoms with Crippen LogP contribution in [0.3, 0.4) is 0 Å². The van der Waals surface area contributed by atoms with Crippen LogP contribution < -0.4 is 9.47 Å². The Kier molecular flexibility index (Phi) is 14.3. The second-order valence-corrected chi connectivity index (χ2v) is 12.3. The summed E-state index contributed by atoms with van der Waals surface area (Å²) in [4.78, 5) is 0. The minimum Gasteiger partial charge on any atom is -0.496 e. The van der Waals surface area contributed by atoms with Gasteiger partial charge in [-0.05, 0) is 63.1 Å². The summed E-state index contributed by atoms with van der Waals surface area (Å²) in [6, 6.07) is 4.14. The van der Waals surface area contributed by atoms with Crippen molar-refractivity contribution in [3.05, 3.63) is 47.0 Å². The zero-order chi connectivity index (χ0) is 33.1. The number of hydrogen-bond donors (Lipinski definition) is 0. The molecule has 0 unspecified atom stereocenters. The molecule has 0 bridgehead atoms. The van der Waals surface area contributed by atoms with E-state index in [1.54, 1.807) is 14.2 Å². The van der Waals surface area contributed by atoms with E-state index in [0.29, 0.717) is 17.9 Å². The van der Waals surface area contributed by atoms with Crippen molar-refractivity contribution in [3.8, 4) is 11.5 Å². The normalized spacial score (nSPS) is 19.1. The number of aryl methyl sites for hydroxylation is 1. The Morgan fingerprint density at radius 2 is 1.27 bits per heavy atom. The lowest BCUT2D eigenvalue weighted by Gasteiger charge is -2.32. The molecule has 1 aromatic rings. The highest BCUT2D eigenvalue weighted by atomic mass is 16.5. The van der Waals surface area contributed by atoms with Gasteiger partial charge in [0.2, 0.25) is 0 Å². The van der Waals surface area contributed by atoms with Gasteiger partial charge in [0.05, 0.1) is 17.0 Å². The summed E-state index contributed by atoms with van der Waals surface area (Å²) >= 11 is 0. The molecule has 2 nitrogen and oxygen atoms in total. The highest BCUT2D eigenvalue weighted by molar-refractivity contribution is 5.53. The van der Waals surface area contributed by atoms with Crippen molar-refractivity contribution in [2.24, 2.45) is 5.92 Å². The highest BCUT2D eigenvalue weighted by Crippen LogP contribution is 2.47. The molecule has 40 heavy (non-hydrogen) atoms. The minimum atomic E-state index is -2.49. The smallest absolute Gasteiger partial charge is 0.126 e. The molecule has 1 aromatic carbocycles. The third-order valence-electron chi connectivity index (χ3n) is 8.87. The quantitative estimate of drug-likeness (QED) is 0.0983. The third kappa shape index (κ3) is 12.9. The van der Waals surface area contributed by atoms with Crippen LogP contribution in [0.2, 0.25) is 0 Å². The number of benzene rings is 1. The maximum absolute atomic E-state index is 8.06. The fourth-order valence-electron chi connectivity index (χ4n) is 6.37. The van der Waals surface area contributed by atoms with E-state index in [4.69, 9.17) is 16.3 Å².